The minimum absolute atomic E-state index is 0.103. The Kier molecular flexibility index (Phi) is 13.7. The lowest BCUT2D eigenvalue weighted by atomic mass is 9.98. The molecule has 0 radical (unpaired) electrons. The van der Waals surface area contributed by atoms with Gasteiger partial charge in [0.05, 0.1) is 26.4 Å². The van der Waals surface area contributed by atoms with Gasteiger partial charge in [0.2, 0.25) is 0 Å². The first-order valence-electron chi connectivity index (χ1n) is 15.2. The highest BCUT2D eigenvalue weighted by atomic mass is 16.6. The van der Waals surface area contributed by atoms with E-state index in [2.05, 4.69) is 32.2 Å². The number of rotatable bonds is 19. The highest BCUT2D eigenvalue weighted by Crippen LogP contribution is 2.43. The van der Waals surface area contributed by atoms with E-state index >= 15 is 0 Å². The molecule has 0 aliphatic carbocycles. The number of hydrogen-bond donors (Lipinski definition) is 0. The van der Waals surface area contributed by atoms with E-state index in [1.54, 1.807) is 13.8 Å². The minimum Gasteiger partial charge on any atom is -0.488 e. The second-order valence-electron chi connectivity index (χ2n) is 10.9. The van der Waals surface area contributed by atoms with E-state index in [0.29, 0.717) is 24.7 Å². The fraction of sp³-hybridized carbons (Fsp3) is 0.444. The van der Waals surface area contributed by atoms with Crippen molar-refractivity contribution in [3.8, 4) is 11.5 Å². The standard InChI is InChI=1S/C36H46O8/c1-8-26-15-16-31-32(17-26)36(42-23-28(44-34(38)10-3)21-40-19-25(6)7)30-14-12-11-13-29(30)35(31)41-22-27(43-33(37)9-2)20-39-18-24(4)5/h11-17,27-28H,4,6,8-10,18-23H2,1-3,5,7H3. The predicted molar refractivity (Wildman–Crippen MR) is 173 cm³/mol. The summed E-state index contributed by atoms with van der Waals surface area (Å²) in [5, 5.41) is 3.39. The number of carbonyl (C=O) groups excluding carboxylic acids is 2. The van der Waals surface area contributed by atoms with Crippen LogP contribution in [0.1, 0.15) is 53.0 Å². The molecule has 8 heteroatoms. The predicted octanol–water partition coefficient (Wildman–Crippen LogP) is 7.14. The van der Waals surface area contributed by atoms with Gasteiger partial charge in [-0.3, -0.25) is 9.59 Å². The zero-order chi connectivity index (χ0) is 32.1. The van der Waals surface area contributed by atoms with Gasteiger partial charge in [0.25, 0.3) is 0 Å². The van der Waals surface area contributed by atoms with Crippen molar-refractivity contribution >= 4 is 33.5 Å². The van der Waals surface area contributed by atoms with E-state index in [-0.39, 0.29) is 51.2 Å². The molecular weight excluding hydrogens is 560 g/mol. The third kappa shape index (κ3) is 10.1. The van der Waals surface area contributed by atoms with Crippen molar-refractivity contribution in [2.45, 2.75) is 66.1 Å². The van der Waals surface area contributed by atoms with Crippen molar-refractivity contribution in [3.63, 3.8) is 0 Å². The van der Waals surface area contributed by atoms with Crippen LogP contribution in [0.4, 0.5) is 0 Å². The van der Waals surface area contributed by atoms with Gasteiger partial charge in [0.15, 0.2) is 12.2 Å². The average Bonchev–Trinajstić information content (AvgIpc) is 3.01. The topological polar surface area (TPSA) is 89.5 Å². The van der Waals surface area contributed by atoms with Gasteiger partial charge in [-0.15, -0.1) is 0 Å². The van der Waals surface area contributed by atoms with Crippen LogP contribution in [-0.4, -0.2) is 63.8 Å². The Bertz CT molecular complexity index is 1440. The molecule has 8 nitrogen and oxygen atoms in total. The van der Waals surface area contributed by atoms with Crippen LogP contribution in [0.3, 0.4) is 0 Å². The molecule has 0 spiro atoms. The van der Waals surface area contributed by atoms with Crippen molar-refractivity contribution < 1.29 is 38.0 Å². The van der Waals surface area contributed by atoms with Crippen LogP contribution in [0, 0.1) is 0 Å². The Labute approximate surface area is 260 Å². The lowest BCUT2D eigenvalue weighted by molar-refractivity contribution is -0.154. The van der Waals surface area contributed by atoms with E-state index in [4.69, 9.17) is 28.4 Å². The highest BCUT2D eigenvalue weighted by molar-refractivity contribution is 6.11. The summed E-state index contributed by atoms with van der Waals surface area (Å²) in [4.78, 5) is 24.4. The molecule has 0 saturated heterocycles. The number of ether oxygens (including phenoxy) is 6. The molecule has 0 heterocycles. The molecule has 3 aromatic carbocycles. The molecule has 0 aliphatic heterocycles. The van der Waals surface area contributed by atoms with Crippen LogP contribution in [-0.2, 0) is 35.0 Å². The first-order chi connectivity index (χ1) is 21.2. The van der Waals surface area contributed by atoms with Crippen LogP contribution in [0.5, 0.6) is 11.5 Å². The van der Waals surface area contributed by atoms with Gasteiger partial charge in [0.1, 0.15) is 24.7 Å². The fourth-order valence-electron chi connectivity index (χ4n) is 4.53. The average molecular weight is 607 g/mol. The summed E-state index contributed by atoms with van der Waals surface area (Å²) in [6, 6.07) is 14.0. The second kappa shape index (κ2) is 17.4. The number of aryl methyl sites for hydroxylation is 1. The van der Waals surface area contributed by atoms with Crippen LogP contribution < -0.4 is 9.47 Å². The molecule has 0 bridgehead atoms. The first-order valence-corrected chi connectivity index (χ1v) is 15.2. The van der Waals surface area contributed by atoms with Gasteiger partial charge < -0.3 is 28.4 Å². The largest absolute Gasteiger partial charge is 0.488 e. The van der Waals surface area contributed by atoms with E-state index in [1.165, 1.54) is 0 Å². The Morgan fingerprint density at radius 3 is 1.55 bits per heavy atom. The Morgan fingerprint density at radius 1 is 0.659 bits per heavy atom. The molecule has 3 rings (SSSR count). The third-order valence-electron chi connectivity index (χ3n) is 6.70. The van der Waals surface area contributed by atoms with Crippen LogP contribution in [0.15, 0.2) is 66.8 Å². The Hall–Kier alpha value is -3.88. The van der Waals surface area contributed by atoms with Gasteiger partial charge >= 0.3 is 11.9 Å². The maximum Gasteiger partial charge on any atom is 0.305 e. The summed E-state index contributed by atoms with van der Waals surface area (Å²) >= 11 is 0. The molecule has 3 aromatic rings. The molecule has 0 aliphatic rings. The summed E-state index contributed by atoms with van der Waals surface area (Å²) in [7, 11) is 0. The number of esters is 2. The van der Waals surface area contributed by atoms with Crippen molar-refractivity contribution in [1.29, 1.82) is 0 Å². The minimum atomic E-state index is -0.603. The van der Waals surface area contributed by atoms with E-state index in [9.17, 15) is 9.59 Å². The highest BCUT2D eigenvalue weighted by Gasteiger charge is 2.22. The smallest absolute Gasteiger partial charge is 0.305 e. The molecule has 44 heavy (non-hydrogen) atoms. The summed E-state index contributed by atoms with van der Waals surface area (Å²) in [5.41, 5.74) is 2.88. The fourth-order valence-corrected chi connectivity index (χ4v) is 4.53. The van der Waals surface area contributed by atoms with E-state index in [1.807, 2.05) is 44.2 Å². The van der Waals surface area contributed by atoms with E-state index < -0.39 is 12.2 Å². The van der Waals surface area contributed by atoms with Gasteiger partial charge in [-0.25, -0.2) is 0 Å². The number of hydrogen-bond acceptors (Lipinski definition) is 8. The maximum atomic E-state index is 12.2. The maximum absolute atomic E-state index is 12.2. The van der Waals surface area contributed by atoms with Crippen molar-refractivity contribution in [2.75, 3.05) is 39.6 Å². The number of fused-ring (bicyclic) bond motifs is 2. The molecule has 0 saturated carbocycles. The Morgan fingerprint density at radius 2 is 1.11 bits per heavy atom. The molecule has 2 unspecified atom stereocenters. The summed E-state index contributed by atoms with van der Waals surface area (Å²) in [6.07, 6.45) is 0.130. The van der Waals surface area contributed by atoms with Crippen molar-refractivity contribution in [1.82, 2.24) is 0 Å². The monoisotopic (exact) mass is 606 g/mol. The zero-order valence-corrected chi connectivity index (χ0v) is 26.7. The van der Waals surface area contributed by atoms with Crippen LogP contribution >= 0.6 is 0 Å². The molecule has 2 atom stereocenters. The van der Waals surface area contributed by atoms with Gasteiger partial charge in [-0.2, -0.15) is 0 Å². The van der Waals surface area contributed by atoms with E-state index in [0.717, 1.165) is 44.7 Å². The molecule has 238 valence electrons. The lowest BCUT2D eigenvalue weighted by Crippen LogP contribution is -2.30. The summed E-state index contributed by atoms with van der Waals surface area (Å²) in [6.45, 7) is 18.4. The van der Waals surface area contributed by atoms with Crippen molar-refractivity contribution in [3.05, 3.63) is 72.3 Å². The molecule has 0 amide bonds. The lowest BCUT2D eigenvalue weighted by Gasteiger charge is -2.23. The van der Waals surface area contributed by atoms with Gasteiger partial charge in [-0.05, 0) is 31.9 Å². The third-order valence-corrected chi connectivity index (χ3v) is 6.70. The van der Waals surface area contributed by atoms with Crippen molar-refractivity contribution in [2.24, 2.45) is 0 Å². The SMILES string of the molecule is C=C(C)COCC(COc1c2ccccc2c(OCC(COCC(=C)C)OC(=O)CC)c2cc(CC)ccc12)OC(=O)CC. The van der Waals surface area contributed by atoms with Crippen LogP contribution in [0.2, 0.25) is 0 Å². The number of carbonyl (C=O) groups is 2. The van der Waals surface area contributed by atoms with Gasteiger partial charge in [-0.1, -0.05) is 81.5 Å². The Balaban J connectivity index is 2.00. The van der Waals surface area contributed by atoms with Gasteiger partial charge in [0, 0.05) is 34.4 Å². The zero-order valence-electron chi connectivity index (χ0n) is 26.7. The normalized spacial score (nSPS) is 12.5. The molecule has 0 N–H and O–H groups in total. The summed E-state index contributed by atoms with van der Waals surface area (Å²) < 4.78 is 35.7. The number of benzene rings is 3. The van der Waals surface area contributed by atoms with Crippen LogP contribution in [0.25, 0.3) is 21.5 Å². The second-order valence-corrected chi connectivity index (χ2v) is 10.9. The quantitative estimate of drug-likeness (QED) is 0.0808. The molecule has 0 aromatic heterocycles. The first kappa shape index (κ1) is 34.6. The molecule has 0 fully saturated rings. The summed E-state index contributed by atoms with van der Waals surface area (Å²) in [5.74, 6) is 0.667. The molecular formula is C36H46O8.